The van der Waals surface area contributed by atoms with Crippen molar-refractivity contribution in [3.05, 3.63) is 62.8 Å². The largest absolute Gasteiger partial charge is 0.508 e. The summed E-state index contributed by atoms with van der Waals surface area (Å²) in [4.78, 5) is 50.9. The number of hydrogen-bond acceptors (Lipinski definition) is 8. The Morgan fingerprint density at radius 3 is 2.44 bits per heavy atom. The van der Waals surface area contributed by atoms with E-state index in [2.05, 4.69) is 15.6 Å². The lowest BCUT2D eigenvalue weighted by molar-refractivity contribution is -0.141. The molecule has 0 radical (unpaired) electrons. The maximum absolute atomic E-state index is 13.5. The van der Waals surface area contributed by atoms with Crippen molar-refractivity contribution in [1.82, 2.24) is 15.6 Å². The molecule has 0 spiro atoms. The Hall–Kier alpha value is -3.98. The van der Waals surface area contributed by atoms with Gasteiger partial charge in [-0.1, -0.05) is 29.5 Å². The van der Waals surface area contributed by atoms with E-state index < -0.39 is 58.2 Å². The first-order valence-corrected chi connectivity index (χ1v) is 11.6. The molecule has 0 aliphatic carbocycles. The predicted octanol–water partition coefficient (Wildman–Crippen LogP) is 2.72. The monoisotopic (exact) mass is 542 g/mol. The van der Waals surface area contributed by atoms with Crippen LogP contribution >= 0.6 is 22.7 Å². The van der Waals surface area contributed by atoms with Gasteiger partial charge in [-0.3, -0.25) is 14.4 Å². The van der Waals surface area contributed by atoms with E-state index in [9.17, 15) is 42.6 Å². The first kappa shape index (κ1) is 26.6. The summed E-state index contributed by atoms with van der Waals surface area (Å²) < 4.78 is 40.5. The van der Waals surface area contributed by atoms with E-state index >= 15 is 0 Å². The number of carboxylic acid groups (broad SMARTS) is 1. The van der Waals surface area contributed by atoms with E-state index in [-0.39, 0.29) is 28.4 Å². The summed E-state index contributed by atoms with van der Waals surface area (Å²) in [6.07, 6.45) is -5.37. The van der Waals surface area contributed by atoms with Crippen molar-refractivity contribution in [2.75, 3.05) is 11.9 Å². The lowest BCUT2D eigenvalue weighted by Crippen LogP contribution is -2.48. The molecule has 3 aromatic rings. The highest BCUT2D eigenvalue weighted by Gasteiger charge is 2.40. The highest BCUT2D eigenvalue weighted by Crippen LogP contribution is 2.36. The lowest BCUT2D eigenvalue weighted by atomic mass is 10.1. The van der Waals surface area contributed by atoms with Crippen LogP contribution in [-0.4, -0.2) is 51.5 Å². The summed E-state index contributed by atoms with van der Waals surface area (Å²) in [7, 11) is 0. The number of phenolic OH excluding ortho intramolecular Hbond substituents is 1. The first-order chi connectivity index (χ1) is 16.9. The molecule has 1 aromatic carbocycles. The van der Waals surface area contributed by atoms with Crippen LogP contribution in [0.2, 0.25) is 0 Å². The summed E-state index contributed by atoms with van der Waals surface area (Å²) in [6, 6.07) is 7.01. The fourth-order valence-electron chi connectivity index (χ4n) is 2.85. The van der Waals surface area contributed by atoms with Gasteiger partial charge in [-0.25, -0.2) is 9.78 Å². The average Bonchev–Trinajstić information content (AvgIpc) is 3.46. The van der Waals surface area contributed by atoms with Crippen molar-refractivity contribution in [2.24, 2.45) is 0 Å². The Labute approximate surface area is 208 Å². The van der Waals surface area contributed by atoms with Gasteiger partial charge in [-0.2, -0.15) is 13.2 Å². The number of aromatic hydroxyl groups is 1. The molecule has 10 nitrogen and oxygen atoms in total. The molecule has 0 bridgehead atoms. The normalized spacial score (nSPS) is 12.0. The number of halogens is 3. The second kappa shape index (κ2) is 11.2. The van der Waals surface area contributed by atoms with Gasteiger partial charge in [0.25, 0.3) is 11.8 Å². The molecule has 2 aromatic heterocycles. The van der Waals surface area contributed by atoms with E-state index in [1.165, 1.54) is 30.3 Å². The quantitative estimate of drug-likeness (QED) is 0.278. The zero-order valence-electron chi connectivity index (χ0n) is 18.0. The Bertz CT molecular complexity index is 1280. The topological polar surface area (TPSA) is 158 Å². The molecule has 0 aliphatic rings. The molecule has 36 heavy (non-hydrogen) atoms. The fourth-order valence-corrected chi connectivity index (χ4v) is 4.39. The minimum atomic E-state index is -5.08. The standard InChI is InChI=1S/C21H17F3N4O6S2/c22-21(23,24)16-15(36-20(28-16)27-14(30)8-10-3-1-4-11(29)7-10)18(32)26-12(19(33)34)9-25-17(31)13-5-2-6-35-13/h1-7,12,29H,8-9H2,(H,25,31)(H,26,32)(H,33,34)(H,27,28,30)/t12-/m0/s1. The van der Waals surface area contributed by atoms with Crippen LogP contribution in [0.3, 0.4) is 0 Å². The third kappa shape index (κ3) is 7.02. The van der Waals surface area contributed by atoms with Gasteiger partial charge in [0.2, 0.25) is 5.91 Å². The Morgan fingerprint density at radius 1 is 1.08 bits per heavy atom. The van der Waals surface area contributed by atoms with E-state index in [0.29, 0.717) is 5.56 Å². The minimum absolute atomic E-state index is 0.104. The molecule has 0 saturated heterocycles. The zero-order chi connectivity index (χ0) is 26.5. The molecule has 0 fully saturated rings. The van der Waals surface area contributed by atoms with E-state index in [1.54, 1.807) is 11.4 Å². The number of amides is 3. The number of benzene rings is 1. The number of aliphatic carboxylic acids is 1. The number of anilines is 1. The first-order valence-electron chi connectivity index (χ1n) is 9.95. The number of carboxylic acids is 1. The smallest absolute Gasteiger partial charge is 0.435 e. The van der Waals surface area contributed by atoms with Gasteiger partial charge in [0.1, 0.15) is 16.7 Å². The highest BCUT2D eigenvalue weighted by molar-refractivity contribution is 7.17. The van der Waals surface area contributed by atoms with E-state index in [0.717, 1.165) is 11.3 Å². The molecule has 3 amide bonds. The van der Waals surface area contributed by atoms with E-state index in [1.807, 2.05) is 5.32 Å². The van der Waals surface area contributed by atoms with Crippen molar-refractivity contribution >= 4 is 51.5 Å². The van der Waals surface area contributed by atoms with Gasteiger partial charge >= 0.3 is 12.1 Å². The van der Waals surface area contributed by atoms with Crippen LogP contribution in [0, 0.1) is 0 Å². The number of alkyl halides is 3. The molecule has 3 rings (SSSR count). The summed E-state index contributed by atoms with van der Waals surface area (Å²) in [5.74, 6) is -4.46. The molecule has 15 heteroatoms. The van der Waals surface area contributed by atoms with Crippen LogP contribution in [0.5, 0.6) is 5.75 Å². The summed E-state index contributed by atoms with van der Waals surface area (Å²) in [5, 5.41) is 26.3. The van der Waals surface area contributed by atoms with Gasteiger partial charge in [0, 0.05) is 6.54 Å². The van der Waals surface area contributed by atoms with Crippen molar-refractivity contribution in [3.63, 3.8) is 0 Å². The van der Waals surface area contributed by atoms with Crippen molar-refractivity contribution in [3.8, 4) is 5.75 Å². The molecule has 5 N–H and O–H groups in total. The van der Waals surface area contributed by atoms with Crippen LogP contribution in [0.25, 0.3) is 0 Å². The maximum atomic E-state index is 13.5. The van der Waals surface area contributed by atoms with Crippen molar-refractivity contribution in [1.29, 1.82) is 0 Å². The molecule has 0 aliphatic heterocycles. The number of carbonyl (C=O) groups excluding carboxylic acids is 3. The molecular formula is C21H17F3N4O6S2. The van der Waals surface area contributed by atoms with Crippen LogP contribution in [0.1, 0.15) is 30.6 Å². The Kier molecular flexibility index (Phi) is 8.26. The number of aromatic nitrogens is 1. The second-order valence-corrected chi connectivity index (χ2v) is 9.09. The Balaban J connectivity index is 1.73. The summed E-state index contributed by atoms with van der Waals surface area (Å²) in [5.41, 5.74) is -1.23. The zero-order valence-corrected chi connectivity index (χ0v) is 19.6. The molecule has 2 heterocycles. The number of rotatable bonds is 9. The number of carbonyl (C=O) groups is 4. The number of thiophene rings is 1. The molecule has 1 atom stereocenters. The van der Waals surface area contributed by atoms with Crippen LogP contribution in [0.15, 0.2) is 41.8 Å². The number of nitrogens with one attached hydrogen (secondary N) is 3. The molecule has 190 valence electrons. The summed E-state index contributed by atoms with van der Waals surface area (Å²) >= 11 is 1.30. The average molecular weight is 543 g/mol. The van der Waals surface area contributed by atoms with Gasteiger partial charge < -0.3 is 26.2 Å². The lowest BCUT2D eigenvalue weighted by Gasteiger charge is -2.15. The van der Waals surface area contributed by atoms with Crippen LogP contribution in [-0.2, 0) is 22.2 Å². The third-order valence-electron chi connectivity index (χ3n) is 4.44. The van der Waals surface area contributed by atoms with E-state index in [4.69, 9.17) is 0 Å². The predicted molar refractivity (Wildman–Crippen MR) is 123 cm³/mol. The second-order valence-electron chi connectivity index (χ2n) is 7.14. The highest BCUT2D eigenvalue weighted by atomic mass is 32.1. The van der Waals surface area contributed by atoms with Crippen molar-refractivity contribution < 1.29 is 42.6 Å². The number of thiazole rings is 1. The van der Waals surface area contributed by atoms with Gasteiger partial charge in [-0.05, 0) is 29.1 Å². The molecule has 0 unspecified atom stereocenters. The SMILES string of the molecule is O=C(Cc1cccc(O)c1)Nc1nc(C(F)(F)F)c(C(=O)N[C@@H](CNC(=O)c2cccs2)C(=O)O)s1. The maximum Gasteiger partial charge on any atom is 0.435 e. The van der Waals surface area contributed by atoms with Crippen LogP contribution < -0.4 is 16.0 Å². The van der Waals surface area contributed by atoms with Gasteiger partial charge in [-0.15, -0.1) is 11.3 Å². The number of hydrogen-bond donors (Lipinski definition) is 5. The fraction of sp³-hybridized carbons (Fsp3) is 0.190. The number of phenols is 1. The summed E-state index contributed by atoms with van der Waals surface area (Å²) in [6.45, 7) is -0.592. The number of nitrogens with zero attached hydrogens (tertiary/aromatic N) is 1. The third-order valence-corrected chi connectivity index (χ3v) is 6.28. The minimum Gasteiger partial charge on any atom is -0.508 e. The van der Waals surface area contributed by atoms with Crippen LogP contribution in [0.4, 0.5) is 18.3 Å². The molecule has 0 saturated carbocycles. The van der Waals surface area contributed by atoms with Gasteiger partial charge in [0.15, 0.2) is 10.8 Å². The van der Waals surface area contributed by atoms with Crippen molar-refractivity contribution in [2.45, 2.75) is 18.6 Å². The molecular weight excluding hydrogens is 525 g/mol. The van der Waals surface area contributed by atoms with Gasteiger partial charge in [0.05, 0.1) is 11.3 Å². The Morgan fingerprint density at radius 2 is 1.83 bits per heavy atom.